The van der Waals surface area contributed by atoms with E-state index in [4.69, 9.17) is 10.7 Å². The van der Waals surface area contributed by atoms with Crippen LogP contribution in [0.2, 0.25) is 0 Å². The lowest BCUT2D eigenvalue weighted by Crippen LogP contribution is -2.36. The van der Waals surface area contributed by atoms with Crippen molar-refractivity contribution in [1.82, 2.24) is 4.98 Å². The number of benzene rings is 1. The molecule has 3 unspecified atom stereocenters. The van der Waals surface area contributed by atoms with Crippen molar-refractivity contribution in [3.8, 4) is 0 Å². The molecule has 3 rings (SSSR count). The van der Waals surface area contributed by atoms with Gasteiger partial charge in [-0.05, 0) is 49.7 Å². The molecule has 1 heterocycles. The van der Waals surface area contributed by atoms with Crippen LogP contribution >= 0.6 is 0 Å². The Morgan fingerprint density at radius 3 is 2.89 bits per heavy atom. The Morgan fingerprint density at radius 1 is 1.16 bits per heavy atom. The fourth-order valence-electron chi connectivity index (χ4n) is 3.25. The van der Waals surface area contributed by atoms with E-state index in [0.717, 1.165) is 17.9 Å². The highest BCUT2D eigenvalue weighted by Crippen LogP contribution is 2.30. The number of pyridine rings is 1. The molecule has 1 aromatic carbocycles. The fraction of sp³-hybridized carbons (Fsp3) is 0.471. The molecule has 2 heteroatoms. The topological polar surface area (TPSA) is 38.9 Å². The molecule has 1 fully saturated rings. The molecule has 3 atom stereocenters. The summed E-state index contributed by atoms with van der Waals surface area (Å²) < 4.78 is 0. The van der Waals surface area contributed by atoms with Crippen molar-refractivity contribution >= 4 is 10.9 Å². The highest BCUT2D eigenvalue weighted by Gasteiger charge is 2.26. The van der Waals surface area contributed by atoms with Crippen LogP contribution in [0.15, 0.2) is 36.4 Å². The molecule has 1 aliphatic rings. The van der Waals surface area contributed by atoms with E-state index in [1.807, 2.05) is 6.07 Å². The number of nitrogens with two attached hydrogens (primary N) is 1. The van der Waals surface area contributed by atoms with Gasteiger partial charge in [0.1, 0.15) is 0 Å². The molecule has 1 saturated carbocycles. The lowest BCUT2D eigenvalue weighted by molar-refractivity contribution is 0.243. The second-order valence-corrected chi connectivity index (χ2v) is 6.04. The first-order chi connectivity index (χ1) is 9.22. The molecule has 2 nitrogen and oxygen atoms in total. The van der Waals surface area contributed by atoms with Crippen LogP contribution in [0.5, 0.6) is 0 Å². The first kappa shape index (κ1) is 12.6. The Kier molecular flexibility index (Phi) is 3.52. The van der Waals surface area contributed by atoms with E-state index in [1.165, 1.54) is 30.3 Å². The third-order valence-corrected chi connectivity index (χ3v) is 4.43. The van der Waals surface area contributed by atoms with Crippen molar-refractivity contribution in [2.24, 2.45) is 17.6 Å². The van der Waals surface area contributed by atoms with Gasteiger partial charge in [0.05, 0.1) is 5.52 Å². The van der Waals surface area contributed by atoms with Crippen molar-refractivity contribution in [3.63, 3.8) is 0 Å². The normalized spacial score (nSPS) is 27.6. The van der Waals surface area contributed by atoms with Crippen molar-refractivity contribution in [2.45, 2.75) is 38.6 Å². The predicted molar refractivity (Wildman–Crippen MR) is 79.9 cm³/mol. The summed E-state index contributed by atoms with van der Waals surface area (Å²) in [6.45, 7) is 2.34. The largest absolute Gasteiger partial charge is 0.327 e. The van der Waals surface area contributed by atoms with E-state index in [-0.39, 0.29) is 0 Å². The van der Waals surface area contributed by atoms with Crippen LogP contribution in [0.4, 0.5) is 0 Å². The minimum Gasteiger partial charge on any atom is -0.327 e. The van der Waals surface area contributed by atoms with Gasteiger partial charge in [0, 0.05) is 17.1 Å². The first-order valence-corrected chi connectivity index (χ1v) is 7.32. The lowest BCUT2D eigenvalue weighted by atomic mass is 9.77. The zero-order valence-corrected chi connectivity index (χ0v) is 11.5. The van der Waals surface area contributed by atoms with Gasteiger partial charge >= 0.3 is 0 Å². The second kappa shape index (κ2) is 5.30. The SMILES string of the molecule is CC1CCC(N)C(Cc2ccc3ccccc3n2)C1. The van der Waals surface area contributed by atoms with E-state index in [2.05, 4.69) is 37.3 Å². The summed E-state index contributed by atoms with van der Waals surface area (Å²) in [7, 11) is 0. The summed E-state index contributed by atoms with van der Waals surface area (Å²) in [6.07, 6.45) is 4.72. The second-order valence-electron chi connectivity index (χ2n) is 6.04. The molecular weight excluding hydrogens is 232 g/mol. The number of para-hydroxylation sites is 1. The smallest absolute Gasteiger partial charge is 0.0705 e. The van der Waals surface area contributed by atoms with Crippen molar-refractivity contribution in [2.75, 3.05) is 0 Å². The predicted octanol–water partition coefficient (Wildman–Crippen LogP) is 3.54. The number of fused-ring (bicyclic) bond motifs is 1. The molecule has 0 radical (unpaired) electrons. The van der Waals surface area contributed by atoms with Gasteiger partial charge in [0.25, 0.3) is 0 Å². The molecule has 0 spiro atoms. The summed E-state index contributed by atoms with van der Waals surface area (Å²) in [6, 6.07) is 13.0. The Labute approximate surface area is 115 Å². The van der Waals surface area contributed by atoms with Gasteiger partial charge < -0.3 is 5.73 Å². The van der Waals surface area contributed by atoms with E-state index in [0.29, 0.717) is 12.0 Å². The van der Waals surface area contributed by atoms with E-state index in [1.54, 1.807) is 0 Å². The maximum absolute atomic E-state index is 6.27. The van der Waals surface area contributed by atoms with E-state index >= 15 is 0 Å². The molecule has 1 aromatic heterocycles. The average molecular weight is 254 g/mol. The molecule has 0 bridgehead atoms. The quantitative estimate of drug-likeness (QED) is 0.890. The molecule has 0 amide bonds. The van der Waals surface area contributed by atoms with Gasteiger partial charge in [0.2, 0.25) is 0 Å². The molecule has 2 aromatic rings. The van der Waals surface area contributed by atoms with E-state index < -0.39 is 0 Å². The number of nitrogens with zero attached hydrogens (tertiary/aromatic N) is 1. The van der Waals surface area contributed by atoms with Crippen LogP contribution < -0.4 is 5.73 Å². The van der Waals surface area contributed by atoms with Crippen LogP contribution in [0, 0.1) is 11.8 Å². The Morgan fingerprint density at radius 2 is 2.00 bits per heavy atom. The Hall–Kier alpha value is -1.41. The number of aromatic nitrogens is 1. The van der Waals surface area contributed by atoms with Crippen LogP contribution in [-0.2, 0) is 6.42 Å². The molecule has 1 aliphatic carbocycles. The molecule has 100 valence electrons. The van der Waals surface area contributed by atoms with Crippen LogP contribution in [0.3, 0.4) is 0 Å². The van der Waals surface area contributed by atoms with Gasteiger partial charge in [-0.25, -0.2) is 0 Å². The van der Waals surface area contributed by atoms with Crippen molar-refractivity contribution in [3.05, 3.63) is 42.1 Å². The Balaban J connectivity index is 1.80. The van der Waals surface area contributed by atoms with Crippen LogP contribution in [-0.4, -0.2) is 11.0 Å². The summed E-state index contributed by atoms with van der Waals surface area (Å²) in [5.74, 6) is 1.41. The minimum absolute atomic E-state index is 0.351. The van der Waals surface area contributed by atoms with Gasteiger partial charge in [-0.2, -0.15) is 0 Å². The van der Waals surface area contributed by atoms with Crippen LogP contribution in [0.25, 0.3) is 10.9 Å². The zero-order valence-electron chi connectivity index (χ0n) is 11.5. The summed E-state index contributed by atoms with van der Waals surface area (Å²) in [4.78, 5) is 4.77. The summed E-state index contributed by atoms with van der Waals surface area (Å²) >= 11 is 0. The summed E-state index contributed by atoms with van der Waals surface area (Å²) in [5.41, 5.74) is 8.56. The molecule has 0 aliphatic heterocycles. The van der Waals surface area contributed by atoms with Gasteiger partial charge in [-0.3, -0.25) is 4.98 Å². The van der Waals surface area contributed by atoms with Crippen molar-refractivity contribution < 1.29 is 0 Å². The maximum Gasteiger partial charge on any atom is 0.0705 e. The average Bonchev–Trinajstić information content (AvgIpc) is 2.43. The minimum atomic E-state index is 0.351. The molecule has 2 N–H and O–H groups in total. The first-order valence-electron chi connectivity index (χ1n) is 7.32. The monoisotopic (exact) mass is 254 g/mol. The standard InChI is InChI=1S/C17H22N2/c1-12-6-9-16(18)14(10-12)11-15-8-7-13-4-2-3-5-17(13)19-15/h2-5,7-8,12,14,16H,6,9-11,18H2,1H3. The highest BCUT2D eigenvalue weighted by atomic mass is 14.7. The van der Waals surface area contributed by atoms with Crippen molar-refractivity contribution in [1.29, 1.82) is 0 Å². The maximum atomic E-state index is 6.27. The number of rotatable bonds is 2. The fourth-order valence-corrected chi connectivity index (χ4v) is 3.25. The number of hydrogen-bond acceptors (Lipinski definition) is 2. The highest BCUT2D eigenvalue weighted by molar-refractivity contribution is 5.78. The number of hydrogen-bond donors (Lipinski definition) is 1. The molecular formula is C17H22N2. The third kappa shape index (κ3) is 2.79. The van der Waals surface area contributed by atoms with Gasteiger partial charge in [-0.15, -0.1) is 0 Å². The molecule has 0 saturated heterocycles. The summed E-state index contributed by atoms with van der Waals surface area (Å²) in [5, 5.41) is 1.22. The van der Waals surface area contributed by atoms with Crippen LogP contribution in [0.1, 0.15) is 31.9 Å². The zero-order chi connectivity index (χ0) is 13.2. The van der Waals surface area contributed by atoms with Gasteiger partial charge in [-0.1, -0.05) is 31.2 Å². The third-order valence-electron chi connectivity index (χ3n) is 4.43. The lowest BCUT2D eigenvalue weighted by Gasteiger charge is -2.32. The molecule has 19 heavy (non-hydrogen) atoms. The Bertz CT molecular complexity index is 564. The van der Waals surface area contributed by atoms with Gasteiger partial charge in [0.15, 0.2) is 0 Å². The van der Waals surface area contributed by atoms with E-state index in [9.17, 15) is 0 Å².